The van der Waals surface area contributed by atoms with Crippen molar-refractivity contribution in [3.05, 3.63) is 58.3 Å². The Bertz CT molecular complexity index is 839. The molecule has 0 bridgehead atoms. The first-order valence-corrected chi connectivity index (χ1v) is 7.93. The summed E-state index contributed by atoms with van der Waals surface area (Å²) in [4.78, 5) is 15.7. The number of ether oxygens (including phenoxy) is 2. The van der Waals surface area contributed by atoms with Crippen LogP contribution < -0.4 is 5.43 Å². The van der Waals surface area contributed by atoms with Gasteiger partial charge >= 0.3 is 5.97 Å². The number of methoxy groups -OCH3 is 2. The van der Waals surface area contributed by atoms with Crippen LogP contribution in [-0.4, -0.2) is 31.4 Å². The second kappa shape index (κ2) is 9.30. The van der Waals surface area contributed by atoms with Crippen LogP contribution in [0.2, 0.25) is 0 Å². The summed E-state index contributed by atoms with van der Waals surface area (Å²) in [6.07, 6.45) is 2.24. The van der Waals surface area contributed by atoms with Crippen molar-refractivity contribution in [2.45, 2.75) is 20.0 Å². The predicted molar refractivity (Wildman–Crippen MR) is 98.0 cm³/mol. The summed E-state index contributed by atoms with van der Waals surface area (Å²) >= 11 is 0. The summed E-state index contributed by atoms with van der Waals surface area (Å²) in [5.41, 5.74) is 6.25. The number of carbonyl (C=O) groups is 1. The van der Waals surface area contributed by atoms with Gasteiger partial charge in [0.25, 0.3) is 0 Å². The molecule has 2 rings (SSSR count). The molecule has 0 amide bonds. The number of pyridine rings is 1. The van der Waals surface area contributed by atoms with Crippen LogP contribution in [0.4, 0.5) is 5.82 Å². The average molecular weight is 352 g/mol. The molecule has 0 saturated heterocycles. The fraction of sp³-hybridized carbons (Fsp3) is 0.263. The van der Waals surface area contributed by atoms with Gasteiger partial charge in [0.15, 0.2) is 5.82 Å². The fourth-order valence-corrected chi connectivity index (χ4v) is 2.37. The molecule has 1 aromatic carbocycles. The van der Waals surface area contributed by atoms with Crippen LogP contribution in [-0.2, 0) is 22.5 Å². The highest BCUT2D eigenvalue weighted by Crippen LogP contribution is 2.19. The number of benzene rings is 1. The van der Waals surface area contributed by atoms with Crippen LogP contribution in [0.3, 0.4) is 0 Å². The highest BCUT2D eigenvalue weighted by molar-refractivity contribution is 5.89. The molecule has 1 heterocycles. The van der Waals surface area contributed by atoms with Gasteiger partial charge in [0, 0.05) is 31.0 Å². The first-order valence-electron chi connectivity index (χ1n) is 7.93. The highest BCUT2D eigenvalue weighted by Gasteiger charge is 2.10. The first kappa shape index (κ1) is 19.1. The molecule has 0 fully saturated rings. The molecule has 1 N–H and O–H groups in total. The maximum absolute atomic E-state index is 11.4. The Morgan fingerprint density at radius 3 is 2.69 bits per heavy atom. The van der Waals surface area contributed by atoms with Crippen molar-refractivity contribution in [2.75, 3.05) is 19.6 Å². The van der Waals surface area contributed by atoms with Gasteiger partial charge in [0.05, 0.1) is 19.3 Å². The topological polar surface area (TPSA) is 96.6 Å². The van der Waals surface area contributed by atoms with E-state index in [1.54, 1.807) is 25.5 Å². The lowest BCUT2D eigenvalue weighted by molar-refractivity contribution is 0.0600. The smallest absolute Gasteiger partial charge is 0.337 e. The summed E-state index contributed by atoms with van der Waals surface area (Å²) in [6, 6.07) is 11.0. The number of hydrazone groups is 1. The molecule has 7 nitrogen and oxygen atoms in total. The number of aryl methyl sites for hydroxylation is 1. The van der Waals surface area contributed by atoms with E-state index in [1.165, 1.54) is 7.11 Å². The zero-order valence-electron chi connectivity index (χ0n) is 14.9. The number of hydrogen-bond donors (Lipinski definition) is 1. The number of nitriles is 1. The quantitative estimate of drug-likeness (QED) is 0.467. The summed E-state index contributed by atoms with van der Waals surface area (Å²) in [6.45, 7) is 2.18. The third kappa shape index (κ3) is 4.88. The highest BCUT2D eigenvalue weighted by atomic mass is 16.5. The van der Waals surface area contributed by atoms with Gasteiger partial charge in [0.1, 0.15) is 11.6 Å². The van der Waals surface area contributed by atoms with Crippen LogP contribution in [0.25, 0.3) is 0 Å². The van der Waals surface area contributed by atoms with E-state index in [9.17, 15) is 10.1 Å². The van der Waals surface area contributed by atoms with Crippen molar-refractivity contribution in [2.24, 2.45) is 5.10 Å². The number of hydrogen-bond acceptors (Lipinski definition) is 7. The summed E-state index contributed by atoms with van der Waals surface area (Å²) in [7, 11) is 2.93. The van der Waals surface area contributed by atoms with Crippen LogP contribution in [0.5, 0.6) is 0 Å². The van der Waals surface area contributed by atoms with Crippen LogP contribution in [0.1, 0.15) is 32.7 Å². The Labute approximate surface area is 152 Å². The monoisotopic (exact) mass is 352 g/mol. The predicted octanol–water partition coefficient (Wildman–Crippen LogP) is 2.84. The lowest BCUT2D eigenvalue weighted by Crippen LogP contribution is -2.04. The second-order valence-electron chi connectivity index (χ2n) is 5.51. The number of esters is 1. The largest absolute Gasteiger partial charge is 0.465 e. The SMILES string of the molecule is COCc1cc(C)nc(N/N=C/Cc2ccc(C(=O)OC)cc2)c1C#N. The minimum absolute atomic E-state index is 0.331. The molecule has 7 heteroatoms. The molecule has 0 radical (unpaired) electrons. The number of aromatic nitrogens is 1. The molecule has 0 aliphatic rings. The van der Waals surface area contributed by atoms with E-state index in [1.807, 2.05) is 25.1 Å². The number of nitrogens with one attached hydrogen (secondary N) is 1. The van der Waals surface area contributed by atoms with E-state index >= 15 is 0 Å². The third-order valence-corrected chi connectivity index (χ3v) is 3.60. The van der Waals surface area contributed by atoms with E-state index < -0.39 is 0 Å². The van der Waals surface area contributed by atoms with Gasteiger partial charge in [-0.1, -0.05) is 12.1 Å². The Morgan fingerprint density at radius 2 is 2.08 bits per heavy atom. The minimum Gasteiger partial charge on any atom is -0.465 e. The molecule has 0 atom stereocenters. The second-order valence-corrected chi connectivity index (χ2v) is 5.51. The summed E-state index contributed by atoms with van der Waals surface area (Å²) in [5, 5.41) is 13.5. The fourth-order valence-electron chi connectivity index (χ4n) is 2.37. The summed E-state index contributed by atoms with van der Waals surface area (Å²) in [5.74, 6) is 0.0325. The van der Waals surface area contributed by atoms with Gasteiger partial charge in [-0.2, -0.15) is 10.4 Å². The molecule has 2 aromatic rings. The van der Waals surface area contributed by atoms with Crippen molar-refractivity contribution in [1.82, 2.24) is 4.98 Å². The summed E-state index contributed by atoms with van der Waals surface area (Å²) < 4.78 is 9.78. The van der Waals surface area contributed by atoms with Crippen molar-refractivity contribution >= 4 is 18.0 Å². The maximum atomic E-state index is 11.4. The van der Waals surface area contributed by atoms with Crippen LogP contribution in [0.15, 0.2) is 35.4 Å². The van der Waals surface area contributed by atoms with Crippen molar-refractivity contribution in [1.29, 1.82) is 5.26 Å². The van der Waals surface area contributed by atoms with E-state index in [4.69, 9.17) is 4.74 Å². The van der Waals surface area contributed by atoms with Crippen LogP contribution >= 0.6 is 0 Å². The minimum atomic E-state index is -0.367. The number of rotatable bonds is 7. The van der Waals surface area contributed by atoms with Gasteiger partial charge in [-0.05, 0) is 30.7 Å². The maximum Gasteiger partial charge on any atom is 0.337 e. The number of anilines is 1. The Morgan fingerprint density at radius 1 is 1.35 bits per heavy atom. The zero-order chi connectivity index (χ0) is 18.9. The van der Waals surface area contributed by atoms with E-state index in [0.717, 1.165) is 16.8 Å². The lowest BCUT2D eigenvalue weighted by Gasteiger charge is -2.09. The number of carbonyl (C=O) groups excluding carboxylic acids is 1. The van der Waals surface area contributed by atoms with Gasteiger partial charge in [-0.25, -0.2) is 9.78 Å². The molecule has 0 aliphatic heterocycles. The van der Waals surface area contributed by atoms with E-state index in [2.05, 4.69) is 26.3 Å². The van der Waals surface area contributed by atoms with Gasteiger partial charge in [0.2, 0.25) is 0 Å². The van der Waals surface area contributed by atoms with Crippen molar-refractivity contribution in [3.63, 3.8) is 0 Å². The zero-order valence-corrected chi connectivity index (χ0v) is 14.9. The Hall–Kier alpha value is -3.24. The standard InChI is InChI=1S/C19H20N4O3/c1-13-10-16(12-25-2)17(11-20)18(22-13)23-21-9-8-14-4-6-15(7-5-14)19(24)26-3/h4-7,9-10H,8,12H2,1-3H3,(H,22,23)/b21-9+. The molecule has 134 valence electrons. The molecule has 1 aromatic heterocycles. The first-order chi connectivity index (χ1) is 12.6. The van der Waals surface area contributed by atoms with E-state index in [-0.39, 0.29) is 5.97 Å². The van der Waals surface area contributed by atoms with Gasteiger partial charge in [-0.15, -0.1) is 0 Å². The normalized spacial score (nSPS) is 10.5. The average Bonchev–Trinajstić information content (AvgIpc) is 2.65. The molecule has 0 aliphatic carbocycles. The molecular formula is C19H20N4O3. The molecule has 0 spiro atoms. The Balaban J connectivity index is 2.04. The van der Waals surface area contributed by atoms with E-state index in [0.29, 0.717) is 30.0 Å². The number of nitrogens with zero attached hydrogens (tertiary/aromatic N) is 3. The molecule has 0 saturated carbocycles. The van der Waals surface area contributed by atoms with Crippen molar-refractivity contribution in [3.8, 4) is 6.07 Å². The third-order valence-electron chi connectivity index (χ3n) is 3.60. The molecular weight excluding hydrogens is 332 g/mol. The lowest BCUT2D eigenvalue weighted by atomic mass is 10.1. The Kier molecular flexibility index (Phi) is 6.83. The van der Waals surface area contributed by atoms with Crippen molar-refractivity contribution < 1.29 is 14.3 Å². The van der Waals surface area contributed by atoms with Gasteiger partial charge < -0.3 is 9.47 Å². The molecule has 26 heavy (non-hydrogen) atoms. The van der Waals surface area contributed by atoms with Gasteiger partial charge in [-0.3, -0.25) is 5.43 Å². The van der Waals surface area contributed by atoms with Crippen LogP contribution in [0, 0.1) is 18.3 Å². The molecule has 0 unspecified atom stereocenters.